The fraction of sp³-hybridized carbons (Fsp3) is 0.0952. The van der Waals surface area contributed by atoms with E-state index in [1.54, 1.807) is 0 Å². The average Bonchev–Trinajstić information content (AvgIpc) is 2.74. The maximum Gasteiger partial charge on any atom is 0.338 e. The van der Waals surface area contributed by atoms with Crippen molar-refractivity contribution in [1.82, 2.24) is 0 Å². The summed E-state index contributed by atoms with van der Waals surface area (Å²) >= 11 is 5.96. The molecular formula is C21H14ClF2NO5S. The summed E-state index contributed by atoms with van der Waals surface area (Å²) in [5.41, 5.74) is 0.476. The van der Waals surface area contributed by atoms with Gasteiger partial charge in [-0.25, -0.2) is 17.8 Å². The topological polar surface area (TPSA) is 84.9 Å². The second-order valence-electron chi connectivity index (χ2n) is 6.50. The van der Waals surface area contributed by atoms with Crippen molar-refractivity contribution in [3.8, 4) is 22.6 Å². The number of hydrogen-bond acceptors (Lipinski definition) is 5. The van der Waals surface area contributed by atoms with Gasteiger partial charge in [-0.3, -0.25) is 4.72 Å². The highest BCUT2D eigenvalue weighted by Crippen LogP contribution is 2.35. The standard InChI is InChI=1S/C21H14ClF2NO5S/c22-15-7-12-9-19(20(15)26)31(28)25-17-8-11(1-3-16(17)24)14-10-13(23)2-4-18(14)29-5-6-30-21(12)27/h1-4,7-10,25-26H,5-6H2. The zero-order chi connectivity index (χ0) is 22.1. The van der Waals surface area contributed by atoms with E-state index in [9.17, 15) is 22.9 Å². The van der Waals surface area contributed by atoms with Gasteiger partial charge in [0.25, 0.3) is 0 Å². The number of halogens is 3. The van der Waals surface area contributed by atoms with Crippen LogP contribution in [-0.4, -0.2) is 28.5 Å². The van der Waals surface area contributed by atoms with E-state index in [0.717, 1.165) is 18.2 Å². The van der Waals surface area contributed by atoms with Crippen LogP contribution in [0.2, 0.25) is 5.02 Å². The van der Waals surface area contributed by atoms with Gasteiger partial charge in [0.2, 0.25) is 0 Å². The predicted molar refractivity (Wildman–Crippen MR) is 111 cm³/mol. The molecule has 0 aromatic heterocycles. The fourth-order valence-electron chi connectivity index (χ4n) is 2.98. The summed E-state index contributed by atoms with van der Waals surface area (Å²) in [6.45, 7) is -0.180. The van der Waals surface area contributed by atoms with Crippen LogP contribution in [0.3, 0.4) is 0 Å². The molecule has 1 atom stereocenters. The van der Waals surface area contributed by atoms with E-state index < -0.39 is 34.3 Å². The monoisotopic (exact) mass is 465 g/mol. The first-order chi connectivity index (χ1) is 14.8. The normalized spacial score (nSPS) is 16.1. The molecule has 2 N–H and O–H groups in total. The molecule has 3 aromatic carbocycles. The van der Waals surface area contributed by atoms with E-state index in [-0.39, 0.29) is 40.1 Å². The van der Waals surface area contributed by atoms with Gasteiger partial charge in [-0.2, -0.15) is 0 Å². The summed E-state index contributed by atoms with van der Waals surface area (Å²) in [6.07, 6.45) is 0. The van der Waals surface area contributed by atoms with E-state index >= 15 is 0 Å². The van der Waals surface area contributed by atoms with Crippen molar-refractivity contribution in [3.05, 3.63) is 70.8 Å². The molecule has 1 aliphatic rings. The van der Waals surface area contributed by atoms with Gasteiger partial charge >= 0.3 is 5.97 Å². The van der Waals surface area contributed by atoms with Gasteiger partial charge in [-0.05, 0) is 48.0 Å². The van der Waals surface area contributed by atoms with Crippen LogP contribution in [0, 0.1) is 11.6 Å². The first kappa shape index (κ1) is 21.1. The van der Waals surface area contributed by atoms with Crippen LogP contribution in [0.4, 0.5) is 14.5 Å². The van der Waals surface area contributed by atoms with Crippen molar-refractivity contribution in [2.24, 2.45) is 0 Å². The van der Waals surface area contributed by atoms with Gasteiger partial charge in [0.15, 0.2) is 16.7 Å². The molecule has 0 aliphatic carbocycles. The third kappa shape index (κ3) is 4.33. The number of rotatable bonds is 0. The van der Waals surface area contributed by atoms with E-state index in [1.165, 1.54) is 30.3 Å². The predicted octanol–water partition coefficient (Wildman–Crippen LogP) is 4.67. The summed E-state index contributed by atoms with van der Waals surface area (Å²) in [5, 5.41) is 9.97. The minimum Gasteiger partial charge on any atom is -0.505 e. The molecule has 1 unspecified atom stereocenters. The molecule has 0 radical (unpaired) electrons. The lowest BCUT2D eigenvalue weighted by molar-refractivity contribution is 0.0450. The molecule has 4 bridgehead atoms. The first-order valence-electron chi connectivity index (χ1n) is 8.94. The van der Waals surface area contributed by atoms with Crippen LogP contribution < -0.4 is 9.46 Å². The average molecular weight is 466 g/mol. The lowest BCUT2D eigenvalue weighted by Crippen LogP contribution is -2.13. The number of hydrogen-bond donors (Lipinski definition) is 2. The van der Waals surface area contributed by atoms with Crippen LogP contribution in [-0.2, 0) is 15.7 Å². The minimum absolute atomic E-state index is 0.0404. The third-order valence-corrected chi connectivity index (χ3v) is 5.86. The molecule has 1 heterocycles. The molecule has 0 saturated heterocycles. The summed E-state index contributed by atoms with van der Waals surface area (Å²) in [5.74, 6) is -2.30. The van der Waals surface area contributed by atoms with Gasteiger partial charge in [-0.15, -0.1) is 0 Å². The lowest BCUT2D eigenvalue weighted by atomic mass is 10.0. The molecule has 0 saturated carbocycles. The van der Waals surface area contributed by atoms with Crippen LogP contribution in [0.1, 0.15) is 10.4 Å². The molecule has 4 rings (SSSR count). The first-order valence-corrected chi connectivity index (χ1v) is 10.5. The fourth-order valence-corrected chi connectivity index (χ4v) is 4.24. The second-order valence-corrected chi connectivity index (χ2v) is 8.08. The lowest BCUT2D eigenvalue weighted by Gasteiger charge is -2.14. The Morgan fingerprint density at radius 3 is 2.58 bits per heavy atom. The minimum atomic E-state index is -2.19. The van der Waals surface area contributed by atoms with Gasteiger partial charge in [0.1, 0.15) is 35.5 Å². The third-order valence-electron chi connectivity index (χ3n) is 4.46. The van der Waals surface area contributed by atoms with Crippen molar-refractivity contribution in [2.75, 3.05) is 17.9 Å². The number of fused-ring (bicyclic) bond motifs is 6. The van der Waals surface area contributed by atoms with Gasteiger partial charge in [0, 0.05) is 5.56 Å². The SMILES string of the molecule is O=C1OCCOc2ccc(F)cc2-c2ccc(F)c(c2)NS(=O)c2cc1cc(Cl)c2O. The molecule has 160 valence electrons. The number of carbonyl (C=O) groups is 1. The Morgan fingerprint density at radius 2 is 1.77 bits per heavy atom. The van der Waals surface area contributed by atoms with Crippen LogP contribution in [0.15, 0.2) is 53.4 Å². The van der Waals surface area contributed by atoms with Crippen molar-refractivity contribution in [3.63, 3.8) is 0 Å². The Balaban J connectivity index is 1.85. The Morgan fingerprint density at radius 1 is 1.00 bits per heavy atom. The summed E-state index contributed by atoms with van der Waals surface area (Å²) in [7, 11) is -2.19. The number of nitrogens with one attached hydrogen (secondary N) is 1. The maximum atomic E-state index is 14.4. The highest BCUT2D eigenvalue weighted by molar-refractivity contribution is 7.86. The van der Waals surface area contributed by atoms with Crippen molar-refractivity contribution in [1.29, 1.82) is 0 Å². The number of esters is 1. The van der Waals surface area contributed by atoms with E-state index in [1.807, 2.05) is 0 Å². The van der Waals surface area contributed by atoms with Crippen LogP contribution in [0.5, 0.6) is 11.5 Å². The Labute approximate surface area is 183 Å². The molecule has 3 aromatic rings. The molecule has 1 aliphatic heterocycles. The number of benzene rings is 3. The van der Waals surface area contributed by atoms with Crippen molar-refractivity contribution >= 4 is 34.2 Å². The molecule has 6 nitrogen and oxygen atoms in total. The van der Waals surface area contributed by atoms with E-state index in [4.69, 9.17) is 21.1 Å². The number of aromatic hydroxyl groups is 1. The zero-order valence-corrected chi connectivity index (χ0v) is 17.2. The summed E-state index contributed by atoms with van der Waals surface area (Å²) in [6, 6.07) is 9.99. The number of carbonyl (C=O) groups excluding carboxylic acids is 1. The van der Waals surface area contributed by atoms with Gasteiger partial charge < -0.3 is 14.6 Å². The number of phenolic OH excluding ortho intramolecular Hbond substituents is 1. The highest BCUT2D eigenvalue weighted by Gasteiger charge is 2.21. The van der Waals surface area contributed by atoms with Crippen molar-refractivity contribution in [2.45, 2.75) is 4.90 Å². The largest absolute Gasteiger partial charge is 0.505 e. The smallest absolute Gasteiger partial charge is 0.338 e. The Bertz CT molecular complexity index is 1220. The molecule has 31 heavy (non-hydrogen) atoms. The van der Waals surface area contributed by atoms with Gasteiger partial charge in [-0.1, -0.05) is 17.7 Å². The summed E-state index contributed by atoms with van der Waals surface area (Å²) < 4.78 is 54.3. The quantitative estimate of drug-likeness (QED) is 0.471. The van der Waals surface area contributed by atoms with Crippen LogP contribution in [0.25, 0.3) is 11.1 Å². The van der Waals surface area contributed by atoms with Crippen LogP contribution >= 0.6 is 11.6 Å². The second kappa shape index (κ2) is 8.52. The zero-order valence-electron chi connectivity index (χ0n) is 15.7. The number of ether oxygens (including phenoxy) is 2. The van der Waals surface area contributed by atoms with Crippen molar-refractivity contribution < 1.29 is 32.4 Å². The van der Waals surface area contributed by atoms with E-state index in [0.29, 0.717) is 11.1 Å². The summed E-state index contributed by atoms with van der Waals surface area (Å²) in [4.78, 5) is 12.1. The number of anilines is 1. The van der Waals surface area contributed by atoms with E-state index in [2.05, 4.69) is 4.72 Å². The molecule has 0 fully saturated rings. The molecular weight excluding hydrogens is 452 g/mol. The Kier molecular flexibility index (Phi) is 5.79. The highest BCUT2D eigenvalue weighted by atomic mass is 35.5. The molecule has 0 amide bonds. The molecule has 10 heteroatoms. The number of cyclic esters (lactones) is 1. The Hall–Kier alpha value is -3.17. The number of phenols is 1. The maximum absolute atomic E-state index is 14.4. The van der Waals surface area contributed by atoms with Gasteiger partial charge in [0.05, 0.1) is 16.3 Å². The molecule has 0 spiro atoms.